The number of hydrogen-bond donors (Lipinski definition) is 0. The molecule has 4 aromatic rings. The van der Waals surface area contributed by atoms with E-state index in [-0.39, 0.29) is 17.8 Å². The molecule has 1 unspecified atom stereocenters. The third-order valence-corrected chi connectivity index (χ3v) is 8.93. The number of hydrogen-bond acceptors (Lipinski definition) is 4. The van der Waals surface area contributed by atoms with Crippen molar-refractivity contribution in [3.8, 4) is 11.1 Å². The van der Waals surface area contributed by atoms with Gasteiger partial charge in [-0.25, -0.2) is 4.79 Å². The Morgan fingerprint density at radius 1 is 0.974 bits per heavy atom. The van der Waals surface area contributed by atoms with Gasteiger partial charge in [0.25, 0.3) is 0 Å². The molecule has 4 heteroatoms. The van der Waals surface area contributed by atoms with Crippen molar-refractivity contribution in [3.63, 3.8) is 0 Å². The van der Waals surface area contributed by atoms with Crippen LogP contribution in [-0.4, -0.2) is 23.3 Å². The zero-order valence-corrected chi connectivity index (χ0v) is 22.3. The number of aryl methyl sites for hydroxylation is 1. The van der Waals surface area contributed by atoms with Crippen LogP contribution in [-0.2, 0) is 24.0 Å². The van der Waals surface area contributed by atoms with Crippen LogP contribution in [0.15, 0.2) is 66.7 Å². The summed E-state index contributed by atoms with van der Waals surface area (Å²) in [5.41, 5.74) is 8.94. The van der Waals surface area contributed by atoms with E-state index in [2.05, 4.69) is 32.9 Å². The number of nitrogens with zero attached hydrogens (tertiary/aromatic N) is 1. The Balaban J connectivity index is 1.26. The minimum absolute atomic E-state index is 0.174. The Labute approximate surface area is 224 Å². The van der Waals surface area contributed by atoms with Gasteiger partial charge in [-0.05, 0) is 77.0 Å². The number of pyridine rings is 1. The normalized spacial score (nSPS) is 16.0. The highest BCUT2D eigenvalue weighted by atomic mass is 16.5. The number of benzene rings is 3. The molecule has 1 aromatic heterocycles. The smallest absolute Gasteiger partial charge is 0.339 e. The molecule has 3 aromatic carbocycles. The molecule has 1 heterocycles. The van der Waals surface area contributed by atoms with E-state index >= 15 is 0 Å². The second kappa shape index (κ2) is 9.50. The lowest BCUT2D eigenvalue weighted by Gasteiger charge is -2.37. The van der Waals surface area contributed by atoms with Gasteiger partial charge in [-0.15, -0.1) is 0 Å². The van der Waals surface area contributed by atoms with E-state index in [9.17, 15) is 9.59 Å². The molecule has 6 rings (SSSR count). The number of rotatable bonds is 6. The summed E-state index contributed by atoms with van der Waals surface area (Å²) in [6.45, 7) is 6.57. The maximum Gasteiger partial charge on any atom is 0.339 e. The number of aromatic nitrogens is 1. The van der Waals surface area contributed by atoms with Crippen molar-refractivity contribution in [2.75, 3.05) is 6.61 Å². The predicted molar refractivity (Wildman–Crippen MR) is 151 cm³/mol. The van der Waals surface area contributed by atoms with Gasteiger partial charge >= 0.3 is 5.97 Å². The number of esters is 1. The van der Waals surface area contributed by atoms with Gasteiger partial charge in [0.1, 0.15) is 0 Å². The fourth-order valence-corrected chi connectivity index (χ4v) is 6.18. The monoisotopic (exact) mass is 503 g/mol. The molecule has 0 fully saturated rings. The fourth-order valence-electron chi connectivity index (χ4n) is 6.18. The van der Waals surface area contributed by atoms with Crippen molar-refractivity contribution >= 4 is 22.7 Å². The van der Waals surface area contributed by atoms with Crippen molar-refractivity contribution in [1.29, 1.82) is 0 Å². The Kier molecular flexibility index (Phi) is 6.14. The summed E-state index contributed by atoms with van der Waals surface area (Å²) in [6, 6.07) is 21.9. The van der Waals surface area contributed by atoms with Crippen molar-refractivity contribution in [2.45, 2.75) is 52.9 Å². The summed E-state index contributed by atoms with van der Waals surface area (Å²) in [7, 11) is 0. The highest BCUT2D eigenvalue weighted by Crippen LogP contribution is 2.42. The largest absolute Gasteiger partial charge is 0.454 e. The summed E-state index contributed by atoms with van der Waals surface area (Å²) in [5.74, 6) is -0.155. The first-order valence-electron chi connectivity index (χ1n) is 13.7. The van der Waals surface area contributed by atoms with Gasteiger partial charge < -0.3 is 4.74 Å². The molecule has 2 aliphatic carbocycles. The molecule has 0 spiro atoms. The Morgan fingerprint density at radius 2 is 1.74 bits per heavy atom. The lowest BCUT2D eigenvalue weighted by molar-refractivity contribution is 0.0474. The van der Waals surface area contributed by atoms with Gasteiger partial charge in [0.2, 0.25) is 0 Å². The standard InChI is InChI=1S/C34H33NO3/c1-4-34(2,3)24-14-16-30-28(19-24)32(27-11-7-8-12-29(27)35-30)33(37)38-20-31(36)22-13-15-26-23(18-22)17-21-9-5-6-10-25(21)26/h5-13,15,18,24H,4,14,16-17,19-20H2,1-3H3. The van der Waals surface area contributed by atoms with Gasteiger partial charge in [0.05, 0.1) is 11.1 Å². The van der Waals surface area contributed by atoms with E-state index in [1.54, 1.807) is 0 Å². The maximum atomic E-state index is 13.6. The molecule has 0 N–H and O–H groups in total. The number of carbonyl (C=O) groups excluding carboxylic acids is 2. The molecule has 0 aliphatic heterocycles. The van der Waals surface area contributed by atoms with Crippen LogP contribution in [0.25, 0.3) is 22.0 Å². The number of ketones is 1. The third kappa shape index (κ3) is 4.22. The van der Waals surface area contributed by atoms with Gasteiger partial charge in [-0.3, -0.25) is 9.78 Å². The second-order valence-corrected chi connectivity index (χ2v) is 11.4. The highest BCUT2D eigenvalue weighted by Gasteiger charge is 2.34. The third-order valence-electron chi connectivity index (χ3n) is 8.93. The SMILES string of the molecule is CCC(C)(C)C1CCc2nc3ccccc3c(C(=O)OCC(=O)c3ccc4c(c3)Cc3ccccc3-4)c2C1. The molecule has 192 valence electrons. The van der Waals surface area contributed by atoms with E-state index in [4.69, 9.17) is 9.72 Å². The van der Waals surface area contributed by atoms with Gasteiger partial charge in [-0.1, -0.05) is 81.8 Å². The number of Topliss-reactive ketones (excluding diaryl/α,β-unsaturated/α-hetero) is 1. The summed E-state index contributed by atoms with van der Waals surface area (Å²) in [6.07, 6.45) is 4.61. The van der Waals surface area contributed by atoms with Crippen LogP contribution in [0.3, 0.4) is 0 Å². The molecule has 0 saturated heterocycles. The molecular weight excluding hydrogens is 470 g/mol. The zero-order chi connectivity index (χ0) is 26.4. The molecule has 2 aliphatic rings. The van der Waals surface area contributed by atoms with Crippen LogP contribution < -0.4 is 0 Å². The zero-order valence-electron chi connectivity index (χ0n) is 22.3. The van der Waals surface area contributed by atoms with Gasteiger partial charge in [0, 0.05) is 16.6 Å². The average Bonchev–Trinajstić information content (AvgIpc) is 3.32. The van der Waals surface area contributed by atoms with Crippen LogP contribution in [0.2, 0.25) is 0 Å². The van der Waals surface area contributed by atoms with Crippen LogP contribution >= 0.6 is 0 Å². The first kappa shape index (κ1) is 24.5. The molecule has 4 nitrogen and oxygen atoms in total. The van der Waals surface area contributed by atoms with E-state index in [0.717, 1.165) is 59.8 Å². The Hall–Kier alpha value is -3.79. The molecule has 0 radical (unpaired) electrons. The Morgan fingerprint density at radius 3 is 2.58 bits per heavy atom. The number of ether oxygens (including phenoxy) is 1. The molecule has 0 bridgehead atoms. The second-order valence-electron chi connectivity index (χ2n) is 11.4. The van der Waals surface area contributed by atoms with Crippen LogP contribution in [0.4, 0.5) is 0 Å². The number of para-hydroxylation sites is 1. The van der Waals surface area contributed by atoms with Crippen molar-refractivity contribution in [3.05, 3.63) is 100 Å². The minimum Gasteiger partial charge on any atom is -0.454 e. The summed E-state index contributed by atoms with van der Waals surface area (Å²) in [4.78, 5) is 31.7. The van der Waals surface area contributed by atoms with Crippen LogP contribution in [0.5, 0.6) is 0 Å². The minimum atomic E-state index is -0.434. The molecule has 0 saturated carbocycles. The first-order valence-corrected chi connectivity index (χ1v) is 13.7. The molecule has 0 amide bonds. The van der Waals surface area contributed by atoms with Crippen molar-refractivity contribution < 1.29 is 14.3 Å². The Bertz CT molecular complexity index is 1580. The molecule has 38 heavy (non-hydrogen) atoms. The summed E-state index contributed by atoms with van der Waals surface area (Å²) >= 11 is 0. The van der Waals surface area contributed by atoms with E-state index in [1.807, 2.05) is 54.6 Å². The summed E-state index contributed by atoms with van der Waals surface area (Å²) < 4.78 is 5.73. The number of carbonyl (C=O) groups is 2. The maximum absolute atomic E-state index is 13.6. The van der Waals surface area contributed by atoms with Crippen molar-refractivity contribution in [1.82, 2.24) is 4.98 Å². The number of fused-ring (bicyclic) bond motifs is 5. The van der Waals surface area contributed by atoms with Crippen LogP contribution in [0.1, 0.15) is 76.7 Å². The van der Waals surface area contributed by atoms with E-state index in [1.165, 1.54) is 16.7 Å². The average molecular weight is 504 g/mol. The van der Waals surface area contributed by atoms with E-state index in [0.29, 0.717) is 17.0 Å². The lowest BCUT2D eigenvalue weighted by atomic mass is 9.68. The van der Waals surface area contributed by atoms with Gasteiger partial charge in [-0.2, -0.15) is 0 Å². The molecule has 1 atom stereocenters. The van der Waals surface area contributed by atoms with Gasteiger partial charge in [0.15, 0.2) is 12.4 Å². The molecular formula is C34H33NO3. The lowest BCUT2D eigenvalue weighted by Crippen LogP contribution is -2.31. The van der Waals surface area contributed by atoms with Crippen LogP contribution in [0, 0.1) is 11.3 Å². The van der Waals surface area contributed by atoms with Crippen molar-refractivity contribution in [2.24, 2.45) is 11.3 Å². The first-order chi connectivity index (χ1) is 18.4. The quantitative estimate of drug-likeness (QED) is 0.179. The topological polar surface area (TPSA) is 56.3 Å². The predicted octanol–water partition coefficient (Wildman–Crippen LogP) is 7.39. The summed E-state index contributed by atoms with van der Waals surface area (Å²) in [5, 5.41) is 0.800. The highest BCUT2D eigenvalue weighted by molar-refractivity contribution is 6.06. The van der Waals surface area contributed by atoms with E-state index < -0.39 is 5.97 Å². The fraction of sp³-hybridized carbons (Fsp3) is 0.324.